The van der Waals surface area contributed by atoms with Gasteiger partial charge in [0.25, 0.3) is 5.91 Å². The summed E-state index contributed by atoms with van der Waals surface area (Å²) in [5, 5.41) is 1.23. The number of hydrogen-bond acceptors (Lipinski definition) is 5. The summed E-state index contributed by atoms with van der Waals surface area (Å²) in [6, 6.07) is 15.6. The van der Waals surface area contributed by atoms with Gasteiger partial charge in [0, 0.05) is 49.0 Å². The zero-order chi connectivity index (χ0) is 25.7. The molecule has 1 atom stereocenters. The van der Waals surface area contributed by atoms with Crippen molar-refractivity contribution in [2.75, 3.05) is 31.1 Å². The van der Waals surface area contributed by atoms with Crippen LogP contribution in [0.4, 0.5) is 5.69 Å². The van der Waals surface area contributed by atoms with Crippen LogP contribution in [0.25, 0.3) is 16.6 Å². The van der Waals surface area contributed by atoms with E-state index < -0.39 is 5.91 Å². The van der Waals surface area contributed by atoms with E-state index in [1.54, 1.807) is 6.33 Å². The van der Waals surface area contributed by atoms with E-state index in [0.717, 1.165) is 68.0 Å². The smallest absolute Gasteiger partial charge is 0.269 e. The van der Waals surface area contributed by atoms with Gasteiger partial charge in [-0.2, -0.15) is 0 Å². The number of aryl methyl sites for hydroxylation is 2. The van der Waals surface area contributed by atoms with E-state index in [1.165, 1.54) is 27.8 Å². The number of primary amides is 1. The molecule has 0 radical (unpaired) electrons. The van der Waals surface area contributed by atoms with Crippen LogP contribution >= 0.6 is 24.8 Å². The van der Waals surface area contributed by atoms with Crippen molar-refractivity contribution in [1.82, 2.24) is 19.4 Å². The Balaban J connectivity index is 0.00000176. The summed E-state index contributed by atoms with van der Waals surface area (Å²) in [7, 11) is 0. The molecule has 9 heteroatoms. The molecule has 0 spiro atoms. The van der Waals surface area contributed by atoms with Crippen LogP contribution < -0.4 is 10.6 Å². The fourth-order valence-corrected chi connectivity index (χ4v) is 6.24. The molecule has 2 N–H and O–H groups in total. The molecule has 4 aromatic rings. The molecule has 1 amide bonds. The molecule has 0 bridgehead atoms. The normalized spacial score (nSPS) is 16.7. The van der Waals surface area contributed by atoms with E-state index in [2.05, 4.69) is 75.7 Å². The van der Waals surface area contributed by atoms with Crippen molar-refractivity contribution >= 4 is 47.3 Å². The van der Waals surface area contributed by atoms with Crippen molar-refractivity contribution in [1.29, 1.82) is 0 Å². The number of nitrogens with zero attached hydrogens (tertiary/aromatic N) is 5. The summed E-state index contributed by atoms with van der Waals surface area (Å²) in [4.78, 5) is 26.0. The lowest BCUT2D eigenvalue weighted by Gasteiger charge is -2.41. The summed E-state index contributed by atoms with van der Waals surface area (Å²) in [6.45, 7) is 10.7. The van der Waals surface area contributed by atoms with Crippen LogP contribution in [0.2, 0.25) is 0 Å². The van der Waals surface area contributed by atoms with Crippen LogP contribution in [0.15, 0.2) is 48.8 Å². The third-order valence-corrected chi connectivity index (χ3v) is 8.21. The minimum Gasteiger partial charge on any atom is -0.368 e. The zero-order valence-electron chi connectivity index (χ0n) is 22.7. The number of carbonyl (C=O) groups excluding carboxylic acids is 1. The summed E-state index contributed by atoms with van der Waals surface area (Å²) in [5.41, 5.74) is 15.6. The molecule has 0 aliphatic carbocycles. The molecule has 1 fully saturated rings. The Kier molecular flexibility index (Phi) is 8.54. The molecule has 0 saturated carbocycles. The molecular weight excluding hydrogens is 531 g/mol. The van der Waals surface area contributed by atoms with Gasteiger partial charge in [0.15, 0.2) is 0 Å². The Morgan fingerprint density at radius 1 is 1.03 bits per heavy atom. The Hall–Kier alpha value is -3.13. The maximum atomic E-state index is 11.8. The average molecular weight is 568 g/mol. The van der Waals surface area contributed by atoms with Gasteiger partial charge < -0.3 is 15.2 Å². The molecule has 0 unspecified atom stereocenters. The van der Waals surface area contributed by atoms with E-state index in [9.17, 15) is 4.79 Å². The van der Waals surface area contributed by atoms with Crippen LogP contribution in [0.1, 0.15) is 45.5 Å². The number of amides is 1. The topological polar surface area (TPSA) is 80.3 Å². The second-order valence-electron chi connectivity index (χ2n) is 10.5. The molecule has 2 aromatic heterocycles. The number of benzene rings is 2. The third kappa shape index (κ3) is 5.23. The Bertz CT molecular complexity index is 1520. The number of imidazole rings is 1. The maximum absolute atomic E-state index is 11.8. The van der Waals surface area contributed by atoms with Crippen LogP contribution in [0.5, 0.6) is 0 Å². The van der Waals surface area contributed by atoms with Crippen molar-refractivity contribution in [2.24, 2.45) is 5.73 Å². The number of carbonyl (C=O) groups is 1. The number of halogens is 2. The predicted molar refractivity (Wildman–Crippen MR) is 162 cm³/mol. The lowest BCUT2D eigenvalue weighted by atomic mass is 9.90. The highest BCUT2D eigenvalue weighted by molar-refractivity contribution is 5.93. The SMILES string of the molecule is Cc1ccc2c(N3CCN(CCc4c(C)ccc5c4CCc4c(C(N)=O)ncn4-5)[C@H](C)C3)cccc2n1.Cl.Cl. The van der Waals surface area contributed by atoms with E-state index in [4.69, 9.17) is 10.7 Å². The van der Waals surface area contributed by atoms with Gasteiger partial charge in [-0.1, -0.05) is 12.1 Å². The minimum absolute atomic E-state index is 0. The fourth-order valence-electron chi connectivity index (χ4n) is 6.24. The van der Waals surface area contributed by atoms with Gasteiger partial charge in [-0.05, 0) is 87.1 Å². The molecule has 2 aliphatic rings. The number of hydrogen-bond donors (Lipinski definition) is 1. The van der Waals surface area contributed by atoms with Crippen molar-refractivity contribution in [3.05, 3.63) is 82.6 Å². The Labute approximate surface area is 242 Å². The van der Waals surface area contributed by atoms with Gasteiger partial charge in [-0.3, -0.25) is 14.7 Å². The fraction of sp³-hybridized carbons (Fsp3) is 0.367. The molecule has 6 rings (SSSR count). The number of fused-ring (bicyclic) bond motifs is 4. The number of piperazine rings is 1. The Morgan fingerprint density at radius 2 is 1.85 bits per heavy atom. The highest BCUT2D eigenvalue weighted by atomic mass is 35.5. The molecular formula is C30H36Cl2N6O. The molecule has 1 saturated heterocycles. The molecule has 39 heavy (non-hydrogen) atoms. The second kappa shape index (κ2) is 11.5. The number of rotatable bonds is 5. The van der Waals surface area contributed by atoms with Crippen molar-refractivity contribution in [2.45, 2.75) is 46.1 Å². The van der Waals surface area contributed by atoms with E-state index in [1.807, 2.05) is 6.92 Å². The summed E-state index contributed by atoms with van der Waals surface area (Å²) in [6.07, 6.45) is 4.47. The minimum atomic E-state index is -0.451. The number of anilines is 1. The van der Waals surface area contributed by atoms with Gasteiger partial charge in [0.05, 0.1) is 16.9 Å². The standard InChI is InChI=1S/C30H34N6O.2ClH/c1-19-7-11-27-23(10-12-28-29(30(31)37)32-18-36(27)28)22(19)13-14-34-15-16-35(17-21(34)3)26-6-4-5-25-24(26)9-8-20(2)33-25;;/h4-9,11,18,21H,10,12-17H2,1-3H3,(H2,31,37);2*1H/t21-;;/m1../s1. The lowest BCUT2D eigenvalue weighted by molar-refractivity contribution is 0.0995. The first-order valence-corrected chi connectivity index (χ1v) is 13.2. The quantitative estimate of drug-likeness (QED) is 0.374. The molecule has 206 valence electrons. The second-order valence-corrected chi connectivity index (χ2v) is 10.5. The largest absolute Gasteiger partial charge is 0.368 e. The van der Waals surface area contributed by atoms with Gasteiger partial charge in [-0.15, -0.1) is 24.8 Å². The van der Waals surface area contributed by atoms with E-state index >= 15 is 0 Å². The lowest BCUT2D eigenvalue weighted by Crippen LogP contribution is -2.52. The number of aromatic nitrogens is 3. The first-order chi connectivity index (χ1) is 17.9. The van der Waals surface area contributed by atoms with Crippen molar-refractivity contribution < 1.29 is 4.79 Å². The average Bonchev–Trinajstić information content (AvgIpc) is 3.33. The molecule has 7 nitrogen and oxygen atoms in total. The van der Waals surface area contributed by atoms with Gasteiger partial charge in [0.1, 0.15) is 12.0 Å². The van der Waals surface area contributed by atoms with E-state index in [0.29, 0.717) is 11.7 Å². The summed E-state index contributed by atoms with van der Waals surface area (Å²) in [5.74, 6) is -0.451. The van der Waals surface area contributed by atoms with Crippen LogP contribution in [-0.2, 0) is 19.3 Å². The van der Waals surface area contributed by atoms with Crippen LogP contribution in [0.3, 0.4) is 0 Å². The number of nitrogens with two attached hydrogens (primary N) is 1. The van der Waals surface area contributed by atoms with Gasteiger partial charge in [0.2, 0.25) is 0 Å². The maximum Gasteiger partial charge on any atom is 0.269 e. The third-order valence-electron chi connectivity index (χ3n) is 8.21. The van der Waals surface area contributed by atoms with Gasteiger partial charge in [-0.25, -0.2) is 4.98 Å². The van der Waals surface area contributed by atoms with Crippen LogP contribution in [0, 0.1) is 13.8 Å². The molecule has 2 aromatic carbocycles. The first-order valence-electron chi connectivity index (χ1n) is 13.2. The predicted octanol–water partition coefficient (Wildman–Crippen LogP) is 4.83. The summed E-state index contributed by atoms with van der Waals surface area (Å²) < 4.78 is 2.06. The van der Waals surface area contributed by atoms with Crippen molar-refractivity contribution in [3.8, 4) is 5.69 Å². The van der Waals surface area contributed by atoms with Crippen molar-refractivity contribution in [3.63, 3.8) is 0 Å². The Morgan fingerprint density at radius 3 is 2.62 bits per heavy atom. The number of pyridine rings is 1. The van der Waals surface area contributed by atoms with Crippen LogP contribution in [-0.4, -0.2) is 57.6 Å². The van der Waals surface area contributed by atoms with E-state index in [-0.39, 0.29) is 24.8 Å². The highest BCUT2D eigenvalue weighted by Crippen LogP contribution is 2.32. The highest BCUT2D eigenvalue weighted by Gasteiger charge is 2.27. The zero-order valence-corrected chi connectivity index (χ0v) is 24.3. The molecule has 2 aliphatic heterocycles. The monoisotopic (exact) mass is 566 g/mol. The molecule has 4 heterocycles. The summed E-state index contributed by atoms with van der Waals surface area (Å²) >= 11 is 0. The first kappa shape index (κ1) is 28.9. The van der Waals surface area contributed by atoms with Gasteiger partial charge >= 0.3 is 0 Å².